The van der Waals surface area contributed by atoms with Gasteiger partial charge in [0.1, 0.15) is 0 Å². The second-order valence-corrected chi connectivity index (χ2v) is 5.30. The van der Waals surface area contributed by atoms with Crippen LogP contribution >= 0.6 is 0 Å². The lowest BCUT2D eigenvalue weighted by Gasteiger charge is -2.23. The van der Waals surface area contributed by atoms with Gasteiger partial charge in [-0.15, -0.1) is 12.3 Å². The Bertz CT molecular complexity index is 303. The third-order valence-electron chi connectivity index (χ3n) is 1.88. The van der Waals surface area contributed by atoms with Crippen molar-refractivity contribution in [2.24, 2.45) is 0 Å². The monoisotopic (exact) mass is 218 g/mol. The summed E-state index contributed by atoms with van der Waals surface area (Å²) < 4.78 is 27.0. The van der Waals surface area contributed by atoms with Crippen LogP contribution in [0.4, 0.5) is 0 Å². The van der Waals surface area contributed by atoms with E-state index in [1.165, 1.54) is 11.4 Å². The van der Waals surface area contributed by atoms with Gasteiger partial charge in [0, 0.05) is 25.6 Å². The molecular weight excluding hydrogens is 200 g/mol. The van der Waals surface area contributed by atoms with Crippen LogP contribution in [0.2, 0.25) is 0 Å². The van der Waals surface area contributed by atoms with E-state index in [1.54, 1.807) is 6.92 Å². The largest absolute Gasteiger partial charge is 0.279 e. The first-order valence-corrected chi connectivity index (χ1v) is 5.94. The van der Waals surface area contributed by atoms with E-state index < -0.39 is 10.2 Å². The van der Waals surface area contributed by atoms with Gasteiger partial charge in [0.25, 0.3) is 10.2 Å². The Hall–Kier alpha value is -0.570. The first kappa shape index (κ1) is 13.4. The third kappa shape index (κ3) is 4.09. The van der Waals surface area contributed by atoms with E-state index in [9.17, 15) is 8.42 Å². The summed E-state index contributed by atoms with van der Waals surface area (Å²) in [5, 5.41) is 0. The van der Waals surface area contributed by atoms with Gasteiger partial charge in [-0.05, 0) is 20.8 Å². The molecule has 0 aliphatic heterocycles. The summed E-state index contributed by atoms with van der Waals surface area (Å²) in [6.07, 6.45) is 5.48. The van der Waals surface area contributed by atoms with Crippen molar-refractivity contribution in [2.45, 2.75) is 39.3 Å². The fourth-order valence-corrected chi connectivity index (χ4v) is 2.15. The summed E-state index contributed by atoms with van der Waals surface area (Å²) in [5.74, 6) is 2.41. The summed E-state index contributed by atoms with van der Waals surface area (Å²) in [6, 6.07) is -0.295. The molecule has 0 fully saturated rings. The Morgan fingerprint density at radius 3 is 2.29 bits per heavy atom. The molecule has 0 amide bonds. The maximum absolute atomic E-state index is 11.6. The maximum Gasteiger partial charge on any atom is 0.279 e. The molecule has 1 N–H and O–H groups in total. The molecule has 14 heavy (non-hydrogen) atoms. The second kappa shape index (κ2) is 5.35. The summed E-state index contributed by atoms with van der Waals surface area (Å²) in [4.78, 5) is 0. The Morgan fingerprint density at radius 1 is 1.43 bits per heavy atom. The Labute approximate surface area is 86.9 Å². The van der Waals surface area contributed by atoms with Crippen molar-refractivity contribution in [1.82, 2.24) is 9.03 Å². The van der Waals surface area contributed by atoms with Crippen LogP contribution in [-0.4, -0.2) is 31.9 Å². The predicted molar refractivity (Wildman–Crippen MR) is 57.9 cm³/mol. The van der Waals surface area contributed by atoms with Crippen molar-refractivity contribution in [2.75, 3.05) is 7.05 Å². The van der Waals surface area contributed by atoms with E-state index in [0.717, 1.165) is 0 Å². The smallest absolute Gasteiger partial charge is 0.198 e. The van der Waals surface area contributed by atoms with E-state index in [1.807, 2.05) is 13.8 Å². The number of hydrogen-bond acceptors (Lipinski definition) is 2. The van der Waals surface area contributed by atoms with Crippen molar-refractivity contribution in [1.29, 1.82) is 0 Å². The minimum absolute atomic E-state index is 0.0643. The quantitative estimate of drug-likeness (QED) is 0.686. The first-order valence-electron chi connectivity index (χ1n) is 4.50. The van der Waals surface area contributed by atoms with Crippen LogP contribution in [0.15, 0.2) is 0 Å². The first-order chi connectivity index (χ1) is 6.31. The molecule has 4 nitrogen and oxygen atoms in total. The van der Waals surface area contributed by atoms with Crippen molar-refractivity contribution >= 4 is 10.2 Å². The molecule has 0 saturated heterocycles. The van der Waals surface area contributed by atoms with Crippen LogP contribution in [0.5, 0.6) is 0 Å². The number of rotatable bonds is 5. The molecular formula is C9H18N2O2S. The minimum Gasteiger partial charge on any atom is -0.198 e. The molecule has 0 aromatic heterocycles. The van der Waals surface area contributed by atoms with Crippen molar-refractivity contribution in [3.05, 3.63) is 0 Å². The molecule has 5 heteroatoms. The van der Waals surface area contributed by atoms with Gasteiger partial charge in [-0.25, -0.2) is 0 Å². The van der Waals surface area contributed by atoms with Crippen molar-refractivity contribution in [3.63, 3.8) is 0 Å². The molecule has 82 valence electrons. The Kier molecular flexibility index (Phi) is 5.13. The number of terminal acetylenes is 1. The lowest BCUT2D eigenvalue weighted by molar-refractivity contribution is 0.398. The molecule has 0 aromatic carbocycles. The highest BCUT2D eigenvalue weighted by Gasteiger charge is 2.21. The average molecular weight is 218 g/mol. The highest BCUT2D eigenvalue weighted by Crippen LogP contribution is 2.02. The summed E-state index contributed by atoms with van der Waals surface area (Å²) in [7, 11) is -1.86. The normalized spacial score (nSPS) is 14.4. The molecule has 0 heterocycles. The molecule has 1 unspecified atom stereocenters. The molecule has 0 aromatic rings. The van der Waals surface area contributed by atoms with Gasteiger partial charge in [-0.2, -0.15) is 17.4 Å². The van der Waals surface area contributed by atoms with E-state index in [0.29, 0.717) is 6.42 Å². The van der Waals surface area contributed by atoms with Gasteiger partial charge in [0.05, 0.1) is 0 Å². The molecule has 0 radical (unpaired) electrons. The highest BCUT2D eigenvalue weighted by molar-refractivity contribution is 7.87. The molecule has 0 spiro atoms. The summed E-state index contributed by atoms with van der Waals surface area (Å²) in [6.45, 7) is 5.36. The minimum atomic E-state index is -3.39. The van der Waals surface area contributed by atoms with E-state index >= 15 is 0 Å². The van der Waals surface area contributed by atoms with Gasteiger partial charge in [-0.1, -0.05) is 0 Å². The fraction of sp³-hybridized carbons (Fsp3) is 0.778. The Balaban J connectivity index is 4.44. The predicted octanol–water partition coefficient (Wildman–Crippen LogP) is 0.573. The number of hydrogen-bond donors (Lipinski definition) is 1. The van der Waals surface area contributed by atoms with Crippen LogP contribution in [-0.2, 0) is 10.2 Å². The van der Waals surface area contributed by atoms with Crippen LogP contribution in [0.1, 0.15) is 27.2 Å². The van der Waals surface area contributed by atoms with Crippen molar-refractivity contribution < 1.29 is 8.42 Å². The summed E-state index contributed by atoms with van der Waals surface area (Å²) in [5.41, 5.74) is 0. The molecule has 0 saturated carbocycles. The lowest BCUT2D eigenvalue weighted by atomic mass is 10.3. The van der Waals surface area contributed by atoms with Crippen LogP contribution < -0.4 is 4.72 Å². The van der Waals surface area contributed by atoms with Gasteiger partial charge in [-0.3, -0.25) is 0 Å². The lowest BCUT2D eigenvalue weighted by Crippen LogP contribution is -2.45. The Morgan fingerprint density at radius 2 is 1.93 bits per heavy atom. The average Bonchev–Trinajstić information content (AvgIpc) is 2.02. The van der Waals surface area contributed by atoms with Gasteiger partial charge in [0.15, 0.2) is 0 Å². The topological polar surface area (TPSA) is 49.4 Å². The van der Waals surface area contributed by atoms with Crippen molar-refractivity contribution in [3.8, 4) is 12.3 Å². The summed E-state index contributed by atoms with van der Waals surface area (Å²) >= 11 is 0. The zero-order valence-electron chi connectivity index (χ0n) is 9.11. The number of nitrogens with zero attached hydrogens (tertiary/aromatic N) is 1. The molecule has 0 aliphatic carbocycles. The van der Waals surface area contributed by atoms with Crippen LogP contribution in [0.3, 0.4) is 0 Å². The van der Waals surface area contributed by atoms with Crippen LogP contribution in [0.25, 0.3) is 0 Å². The molecule has 0 rings (SSSR count). The zero-order chi connectivity index (χ0) is 11.4. The molecule has 1 atom stereocenters. The zero-order valence-corrected chi connectivity index (χ0v) is 9.93. The van der Waals surface area contributed by atoms with Gasteiger partial charge >= 0.3 is 0 Å². The number of nitrogens with one attached hydrogen (secondary N) is 1. The van der Waals surface area contributed by atoms with Gasteiger partial charge < -0.3 is 0 Å². The SMILES string of the molecule is C#CCC(C)NS(=O)(=O)N(C)C(C)C. The van der Waals surface area contributed by atoms with Crippen LogP contribution in [0, 0.1) is 12.3 Å². The molecule has 0 bridgehead atoms. The second-order valence-electron chi connectivity index (χ2n) is 3.54. The van der Waals surface area contributed by atoms with E-state index in [4.69, 9.17) is 6.42 Å². The molecule has 0 aliphatic rings. The van der Waals surface area contributed by atoms with E-state index in [2.05, 4.69) is 10.6 Å². The maximum atomic E-state index is 11.6. The standard InChI is InChI=1S/C9H18N2O2S/c1-6-7-9(4)10-14(12,13)11(5)8(2)3/h1,8-10H,7H2,2-5H3. The van der Waals surface area contributed by atoms with E-state index in [-0.39, 0.29) is 12.1 Å². The third-order valence-corrected chi connectivity index (χ3v) is 3.76. The fourth-order valence-electron chi connectivity index (χ4n) is 0.833. The highest BCUT2D eigenvalue weighted by atomic mass is 32.2. The van der Waals surface area contributed by atoms with Gasteiger partial charge in [0.2, 0.25) is 0 Å².